The Balaban J connectivity index is 1.93. The fourth-order valence-electron chi connectivity index (χ4n) is 4.31. The minimum Gasteiger partial charge on any atom is -0.472 e. The summed E-state index contributed by atoms with van der Waals surface area (Å²) in [6.07, 6.45) is -11.7. The van der Waals surface area contributed by atoms with Crippen LogP contribution < -0.4 is 0 Å². The first-order valence-electron chi connectivity index (χ1n) is 9.51. The largest absolute Gasteiger partial charge is 0.472 e. The average Bonchev–Trinajstić information content (AvgIpc) is 3.04. The Hall–Kier alpha value is -1.84. The highest BCUT2D eigenvalue weighted by Crippen LogP contribution is 2.48. The topological polar surface area (TPSA) is 202 Å². The summed E-state index contributed by atoms with van der Waals surface area (Å²) >= 11 is 0. The van der Waals surface area contributed by atoms with Crippen LogP contribution in [0.3, 0.4) is 0 Å². The molecule has 1 saturated carbocycles. The Labute approximate surface area is 176 Å². The van der Waals surface area contributed by atoms with E-state index in [4.69, 9.17) is 18.9 Å². The minimum atomic E-state index is -1.77. The van der Waals surface area contributed by atoms with Gasteiger partial charge in [0.25, 0.3) is 0 Å². The molecule has 0 bridgehead atoms. The Morgan fingerprint density at radius 1 is 0.935 bits per heavy atom. The number of aliphatic hydroxyl groups is 6. The van der Waals surface area contributed by atoms with Crippen LogP contribution in [0, 0.1) is 17.8 Å². The zero-order chi connectivity index (χ0) is 23.0. The van der Waals surface area contributed by atoms with Crippen LogP contribution in [0.4, 0.5) is 0 Å². The van der Waals surface area contributed by atoms with E-state index in [0.29, 0.717) is 0 Å². The van der Waals surface area contributed by atoms with Crippen LogP contribution in [0.2, 0.25) is 0 Å². The summed E-state index contributed by atoms with van der Waals surface area (Å²) in [4.78, 5) is 24.5. The molecule has 1 aliphatic carbocycles. The Kier molecular flexibility index (Phi) is 7.18. The Morgan fingerprint density at radius 3 is 2.19 bits per heavy atom. The summed E-state index contributed by atoms with van der Waals surface area (Å²) in [5, 5.41) is 60.4. The maximum absolute atomic E-state index is 12.3. The van der Waals surface area contributed by atoms with Crippen molar-refractivity contribution in [3.05, 3.63) is 11.8 Å². The summed E-state index contributed by atoms with van der Waals surface area (Å²) in [6.45, 7) is -0.697. The van der Waals surface area contributed by atoms with Crippen LogP contribution >= 0.6 is 0 Å². The first-order chi connectivity index (χ1) is 14.7. The molecular formula is C18H26O13. The maximum atomic E-state index is 12.3. The van der Waals surface area contributed by atoms with E-state index in [2.05, 4.69) is 4.74 Å². The van der Waals surface area contributed by atoms with Gasteiger partial charge in [0.05, 0.1) is 50.8 Å². The third-order valence-corrected chi connectivity index (χ3v) is 5.93. The zero-order valence-electron chi connectivity index (χ0n) is 16.7. The molecule has 0 radical (unpaired) electrons. The van der Waals surface area contributed by atoms with E-state index < -0.39 is 85.5 Å². The summed E-state index contributed by atoms with van der Waals surface area (Å²) in [7, 11) is 2.17. The van der Waals surface area contributed by atoms with Crippen LogP contribution in [0.1, 0.15) is 0 Å². The van der Waals surface area contributed by atoms with Gasteiger partial charge in [0.2, 0.25) is 6.29 Å². The predicted molar refractivity (Wildman–Crippen MR) is 94.3 cm³/mol. The fourth-order valence-corrected chi connectivity index (χ4v) is 4.31. The molecule has 31 heavy (non-hydrogen) atoms. The van der Waals surface area contributed by atoms with Gasteiger partial charge in [-0.2, -0.15) is 0 Å². The van der Waals surface area contributed by atoms with Gasteiger partial charge in [-0.3, -0.25) is 4.79 Å². The van der Waals surface area contributed by atoms with E-state index in [9.17, 15) is 40.2 Å². The van der Waals surface area contributed by atoms with Crippen molar-refractivity contribution in [3.63, 3.8) is 0 Å². The number of carbonyl (C=O) groups excluding carboxylic acids is 2. The van der Waals surface area contributed by atoms with Crippen molar-refractivity contribution >= 4 is 11.9 Å². The van der Waals surface area contributed by atoms with Gasteiger partial charge in [0.15, 0.2) is 6.29 Å². The standard InChI is InChI=1S/C18H26O13/c1-27-15(25)5-4-29-17(8-7(5)11(21)12(22)9(8)16(26)28-2)31-18-14(24)13(23)10(20)6(3-19)30-18/h4,6-14,17-24H,3H2,1-2H3/t6-,7-,8+,9-,10-,11+,12-,13+,14-,17+,18+/m1/s1. The molecule has 0 aromatic carbocycles. The molecule has 0 aromatic heterocycles. The predicted octanol–water partition coefficient (Wildman–Crippen LogP) is -4.03. The summed E-state index contributed by atoms with van der Waals surface area (Å²) in [5.41, 5.74) is -0.154. The number of aliphatic hydroxyl groups excluding tert-OH is 6. The van der Waals surface area contributed by atoms with Gasteiger partial charge in [0, 0.05) is 11.8 Å². The zero-order valence-corrected chi connectivity index (χ0v) is 16.7. The molecule has 1 saturated heterocycles. The SMILES string of the molecule is COC(=O)C1=CO[C@@H](O[C@@H]2O[C@H](CO)[C@@H](O)[C@H](O)[C@H]2O)[C@H]2[C@@H]1[C@H](O)[C@H](O)[C@@H]2C(=O)OC. The minimum absolute atomic E-state index is 0.154. The lowest BCUT2D eigenvalue weighted by Gasteiger charge is -2.43. The van der Waals surface area contributed by atoms with E-state index >= 15 is 0 Å². The van der Waals surface area contributed by atoms with Gasteiger partial charge in [0.1, 0.15) is 24.4 Å². The first-order valence-corrected chi connectivity index (χ1v) is 9.51. The van der Waals surface area contributed by atoms with Crippen LogP contribution in [0.25, 0.3) is 0 Å². The highest BCUT2D eigenvalue weighted by molar-refractivity contribution is 5.89. The molecule has 13 heteroatoms. The molecule has 3 aliphatic rings. The van der Waals surface area contributed by atoms with Gasteiger partial charge in [-0.15, -0.1) is 0 Å². The second-order valence-electron chi connectivity index (χ2n) is 7.54. The highest BCUT2D eigenvalue weighted by Gasteiger charge is 2.61. The van der Waals surface area contributed by atoms with E-state index in [0.717, 1.165) is 20.5 Å². The molecule has 0 amide bonds. The van der Waals surface area contributed by atoms with Crippen molar-refractivity contribution in [1.29, 1.82) is 0 Å². The molecule has 2 heterocycles. The van der Waals surface area contributed by atoms with E-state index in [-0.39, 0.29) is 5.57 Å². The number of methoxy groups -OCH3 is 2. The molecule has 0 unspecified atom stereocenters. The number of hydrogen-bond donors (Lipinski definition) is 6. The van der Waals surface area contributed by atoms with Crippen molar-refractivity contribution in [2.75, 3.05) is 20.8 Å². The number of rotatable bonds is 5. The maximum Gasteiger partial charge on any atom is 0.337 e. The summed E-state index contributed by atoms with van der Waals surface area (Å²) in [6, 6.07) is 0. The normalized spacial score (nSPS) is 44.6. The summed E-state index contributed by atoms with van der Waals surface area (Å²) < 4.78 is 25.7. The van der Waals surface area contributed by atoms with Gasteiger partial charge >= 0.3 is 11.9 Å². The number of carbonyl (C=O) groups is 2. The second kappa shape index (κ2) is 9.34. The number of fused-ring (bicyclic) bond motifs is 1. The summed E-state index contributed by atoms with van der Waals surface area (Å²) in [5.74, 6) is -5.48. The van der Waals surface area contributed by atoms with Crippen LogP contribution in [-0.4, -0.2) is 113 Å². The van der Waals surface area contributed by atoms with Crippen LogP contribution in [0.15, 0.2) is 11.8 Å². The molecule has 13 nitrogen and oxygen atoms in total. The van der Waals surface area contributed by atoms with Crippen molar-refractivity contribution in [2.24, 2.45) is 17.8 Å². The third-order valence-electron chi connectivity index (χ3n) is 5.93. The van der Waals surface area contributed by atoms with Crippen molar-refractivity contribution in [3.8, 4) is 0 Å². The van der Waals surface area contributed by atoms with Crippen molar-refractivity contribution < 1.29 is 63.9 Å². The Morgan fingerprint density at radius 2 is 1.61 bits per heavy atom. The molecule has 3 rings (SSSR count). The van der Waals surface area contributed by atoms with Crippen LogP contribution in [0.5, 0.6) is 0 Å². The second-order valence-corrected chi connectivity index (χ2v) is 7.54. The fraction of sp³-hybridized carbons (Fsp3) is 0.778. The van der Waals surface area contributed by atoms with E-state index in [1.54, 1.807) is 0 Å². The molecule has 176 valence electrons. The number of hydrogen-bond acceptors (Lipinski definition) is 13. The van der Waals surface area contributed by atoms with Crippen LogP contribution in [-0.2, 0) is 33.3 Å². The van der Waals surface area contributed by atoms with E-state index in [1.807, 2.05) is 0 Å². The molecule has 6 N–H and O–H groups in total. The lowest BCUT2D eigenvalue weighted by atomic mass is 9.82. The van der Waals surface area contributed by atoms with Crippen molar-refractivity contribution in [1.82, 2.24) is 0 Å². The van der Waals surface area contributed by atoms with Gasteiger partial charge in [-0.25, -0.2) is 4.79 Å². The van der Waals surface area contributed by atoms with Gasteiger partial charge in [-0.1, -0.05) is 0 Å². The lowest BCUT2D eigenvalue weighted by molar-refractivity contribution is -0.342. The molecule has 2 aliphatic heterocycles. The third kappa shape index (κ3) is 4.03. The number of esters is 2. The first kappa shape index (κ1) is 23.8. The molecule has 11 atom stereocenters. The molecular weight excluding hydrogens is 424 g/mol. The lowest BCUT2D eigenvalue weighted by Crippen LogP contribution is -2.60. The quantitative estimate of drug-likeness (QED) is 0.221. The molecule has 2 fully saturated rings. The highest BCUT2D eigenvalue weighted by atomic mass is 16.8. The van der Waals surface area contributed by atoms with Gasteiger partial charge in [-0.05, 0) is 0 Å². The molecule has 0 aromatic rings. The van der Waals surface area contributed by atoms with Crippen molar-refractivity contribution in [2.45, 2.75) is 49.2 Å². The molecule has 0 spiro atoms. The number of ether oxygens (including phenoxy) is 5. The van der Waals surface area contributed by atoms with E-state index in [1.165, 1.54) is 0 Å². The smallest absolute Gasteiger partial charge is 0.337 e. The Bertz CT molecular complexity index is 709. The monoisotopic (exact) mass is 450 g/mol. The van der Waals surface area contributed by atoms with Gasteiger partial charge < -0.3 is 54.3 Å². The average molecular weight is 450 g/mol.